The van der Waals surface area contributed by atoms with Crippen molar-refractivity contribution >= 4 is 12.2 Å². The van der Waals surface area contributed by atoms with Crippen molar-refractivity contribution in [1.82, 2.24) is 0 Å². The first-order valence-electron chi connectivity index (χ1n) is 8.03. The van der Waals surface area contributed by atoms with Crippen LogP contribution in [0, 0.1) is 0 Å². The van der Waals surface area contributed by atoms with E-state index in [1.807, 2.05) is 42.5 Å². The topological polar surface area (TPSA) is 40.5 Å². The van der Waals surface area contributed by atoms with Crippen LogP contribution in [0.1, 0.15) is 54.7 Å². The van der Waals surface area contributed by atoms with E-state index in [9.17, 15) is 10.2 Å². The van der Waals surface area contributed by atoms with Crippen LogP contribution in [-0.4, -0.2) is 10.2 Å². The van der Waals surface area contributed by atoms with Gasteiger partial charge in [-0.15, -0.1) is 0 Å². The van der Waals surface area contributed by atoms with E-state index in [1.54, 1.807) is 12.1 Å². The van der Waals surface area contributed by atoms with Gasteiger partial charge in [-0.05, 0) is 42.0 Å². The Hall–Kier alpha value is -2.22. The number of hydrogen-bond donors (Lipinski definition) is 2. The molecule has 1 saturated carbocycles. The summed E-state index contributed by atoms with van der Waals surface area (Å²) in [6.45, 7) is 0. The fourth-order valence-electron chi connectivity index (χ4n) is 3.31. The third-order valence-corrected chi connectivity index (χ3v) is 4.44. The number of rotatable bonds is 3. The summed E-state index contributed by atoms with van der Waals surface area (Å²) < 4.78 is 0. The zero-order valence-corrected chi connectivity index (χ0v) is 12.7. The highest BCUT2D eigenvalue weighted by Gasteiger charge is 2.22. The van der Waals surface area contributed by atoms with Gasteiger partial charge in [-0.1, -0.05) is 61.7 Å². The summed E-state index contributed by atoms with van der Waals surface area (Å²) in [5.74, 6) is 0.736. The zero-order valence-electron chi connectivity index (χ0n) is 12.7. The Balaban J connectivity index is 1.84. The molecule has 2 heteroatoms. The minimum absolute atomic E-state index is 0.222. The van der Waals surface area contributed by atoms with Crippen LogP contribution in [0.5, 0.6) is 11.5 Å². The lowest BCUT2D eigenvalue weighted by atomic mass is 9.83. The predicted octanol–water partition coefficient (Wildman–Crippen LogP) is 5.32. The molecule has 0 radical (unpaired) electrons. The van der Waals surface area contributed by atoms with Crippen molar-refractivity contribution in [3.8, 4) is 11.5 Å². The molecule has 2 nitrogen and oxygen atoms in total. The summed E-state index contributed by atoms with van der Waals surface area (Å²) in [4.78, 5) is 0. The Kier molecular flexibility index (Phi) is 4.47. The Morgan fingerprint density at radius 3 is 2.00 bits per heavy atom. The molecule has 22 heavy (non-hydrogen) atoms. The van der Waals surface area contributed by atoms with Crippen molar-refractivity contribution in [3.63, 3.8) is 0 Å². The first-order valence-corrected chi connectivity index (χ1v) is 8.03. The van der Waals surface area contributed by atoms with Gasteiger partial charge in [0.25, 0.3) is 0 Å². The quantitative estimate of drug-likeness (QED) is 0.752. The molecule has 2 aromatic rings. The molecule has 2 aromatic carbocycles. The predicted molar refractivity (Wildman–Crippen MR) is 91.0 cm³/mol. The standard InChI is InChI=1S/C20H22O2/c21-18-13-16(12-11-15-7-3-1-4-8-15)14-19(22)20(18)17-9-5-2-6-10-17/h1,3-4,7-8,11-14,17,21-22H,2,5-6,9-10H2/b12-11+. The molecule has 0 bridgehead atoms. The van der Waals surface area contributed by atoms with Gasteiger partial charge in [0.2, 0.25) is 0 Å². The van der Waals surface area contributed by atoms with Gasteiger partial charge in [0, 0.05) is 5.56 Å². The van der Waals surface area contributed by atoms with E-state index in [1.165, 1.54) is 19.3 Å². The van der Waals surface area contributed by atoms with Gasteiger partial charge >= 0.3 is 0 Å². The summed E-state index contributed by atoms with van der Waals surface area (Å²) in [6.07, 6.45) is 9.63. The van der Waals surface area contributed by atoms with Crippen LogP contribution < -0.4 is 0 Å². The summed E-state index contributed by atoms with van der Waals surface area (Å²) in [7, 11) is 0. The molecular weight excluding hydrogens is 272 g/mol. The largest absolute Gasteiger partial charge is 0.507 e. The van der Waals surface area contributed by atoms with Crippen molar-refractivity contribution in [2.75, 3.05) is 0 Å². The van der Waals surface area contributed by atoms with Crippen LogP contribution in [0.2, 0.25) is 0 Å². The number of hydrogen-bond acceptors (Lipinski definition) is 2. The molecule has 0 spiro atoms. The lowest BCUT2D eigenvalue weighted by molar-refractivity contribution is 0.389. The summed E-state index contributed by atoms with van der Waals surface area (Å²) in [6, 6.07) is 13.5. The van der Waals surface area contributed by atoms with E-state index in [0.717, 1.165) is 29.5 Å². The highest BCUT2D eigenvalue weighted by Crippen LogP contribution is 2.42. The van der Waals surface area contributed by atoms with Crippen molar-refractivity contribution < 1.29 is 10.2 Å². The van der Waals surface area contributed by atoms with Crippen molar-refractivity contribution in [2.45, 2.75) is 38.0 Å². The van der Waals surface area contributed by atoms with Crippen LogP contribution in [0.15, 0.2) is 42.5 Å². The first kappa shape index (κ1) is 14.7. The summed E-state index contributed by atoms with van der Waals surface area (Å²) >= 11 is 0. The Morgan fingerprint density at radius 2 is 1.36 bits per heavy atom. The van der Waals surface area contributed by atoms with Crippen LogP contribution in [0.4, 0.5) is 0 Å². The molecule has 114 valence electrons. The lowest BCUT2D eigenvalue weighted by Crippen LogP contribution is -2.05. The molecule has 0 heterocycles. The van der Waals surface area contributed by atoms with Crippen LogP contribution in [0.3, 0.4) is 0 Å². The highest BCUT2D eigenvalue weighted by atomic mass is 16.3. The van der Waals surface area contributed by atoms with Gasteiger partial charge < -0.3 is 10.2 Å². The van der Waals surface area contributed by atoms with Gasteiger partial charge in [0.05, 0.1) is 0 Å². The van der Waals surface area contributed by atoms with Gasteiger partial charge in [-0.25, -0.2) is 0 Å². The maximum absolute atomic E-state index is 10.3. The molecule has 2 N–H and O–H groups in total. The van der Waals surface area contributed by atoms with Crippen LogP contribution >= 0.6 is 0 Å². The molecular formula is C20H22O2. The first-order chi connectivity index (χ1) is 10.7. The number of phenolic OH excluding ortho intramolecular Hbond substituents is 2. The van der Waals surface area contributed by atoms with Gasteiger partial charge in [-0.3, -0.25) is 0 Å². The average Bonchev–Trinajstić information content (AvgIpc) is 2.54. The minimum atomic E-state index is 0.222. The second-order valence-corrected chi connectivity index (χ2v) is 6.05. The Labute approximate surface area is 131 Å². The molecule has 0 aromatic heterocycles. The normalized spacial score (nSPS) is 16.2. The molecule has 0 amide bonds. The maximum Gasteiger partial charge on any atom is 0.123 e. The Bertz CT molecular complexity index is 630. The second kappa shape index (κ2) is 6.69. The second-order valence-electron chi connectivity index (χ2n) is 6.05. The van der Waals surface area contributed by atoms with Crippen LogP contribution in [-0.2, 0) is 0 Å². The number of aromatic hydroxyl groups is 2. The fraction of sp³-hybridized carbons (Fsp3) is 0.300. The minimum Gasteiger partial charge on any atom is -0.507 e. The van der Waals surface area contributed by atoms with E-state index in [0.29, 0.717) is 5.92 Å². The molecule has 0 atom stereocenters. The molecule has 0 unspecified atom stereocenters. The Morgan fingerprint density at radius 1 is 0.773 bits per heavy atom. The molecule has 1 aliphatic carbocycles. The zero-order chi connectivity index (χ0) is 15.4. The highest BCUT2D eigenvalue weighted by molar-refractivity contribution is 5.71. The van der Waals surface area contributed by atoms with Crippen LogP contribution in [0.25, 0.3) is 12.2 Å². The molecule has 0 saturated heterocycles. The number of benzene rings is 2. The SMILES string of the molecule is Oc1cc(/C=C/c2ccccc2)cc(O)c1C1CCCCC1. The third-order valence-electron chi connectivity index (χ3n) is 4.44. The maximum atomic E-state index is 10.3. The number of phenols is 2. The van der Waals surface area contributed by atoms with E-state index >= 15 is 0 Å². The van der Waals surface area contributed by atoms with E-state index in [-0.39, 0.29) is 11.5 Å². The smallest absolute Gasteiger partial charge is 0.123 e. The third kappa shape index (κ3) is 3.33. The van der Waals surface area contributed by atoms with E-state index in [4.69, 9.17) is 0 Å². The lowest BCUT2D eigenvalue weighted by Gasteiger charge is -2.23. The molecule has 3 rings (SSSR count). The van der Waals surface area contributed by atoms with Gasteiger partial charge in [0.15, 0.2) is 0 Å². The van der Waals surface area contributed by atoms with Crippen molar-refractivity contribution in [3.05, 3.63) is 59.2 Å². The molecule has 0 aliphatic heterocycles. The molecule has 1 aliphatic rings. The van der Waals surface area contributed by atoms with Crippen molar-refractivity contribution in [2.24, 2.45) is 0 Å². The van der Waals surface area contributed by atoms with E-state index in [2.05, 4.69) is 0 Å². The molecule has 1 fully saturated rings. The average molecular weight is 294 g/mol. The van der Waals surface area contributed by atoms with Gasteiger partial charge in [0.1, 0.15) is 11.5 Å². The fourth-order valence-corrected chi connectivity index (χ4v) is 3.31. The summed E-state index contributed by atoms with van der Waals surface area (Å²) in [5, 5.41) is 20.7. The monoisotopic (exact) mass is 294 g/mol. The summed E-state index contributed by atoms with van der Waals surface area (Å²) in [5.41, 5.74) is 2.65. The van der Waals surface area contributed by atoms with E-state index < -0.39 is 0 Å². The van der Waals surface area contributed by atoms with Gasteiger partial charge in [-0.2, -0.15) is 0 Å². The van der Waals surface area contributed by atoms with Crippen molar-refractivity contribution in [1.29, 1.82) is 0 Å².